The number of aromatic carboxylic acids is 1. The van der Waals surface area contributed by atoms with Crippen LogP contribution in [-0.4, -0.2) is 16.1 Å². The van der Waals surface area contributed by atoms with E-state index in [4.69, 9.17) is 10.8 Å². The summed E-state index contributed by atoms with van der Waals surface area (Å²) in [6, 6.07) is 5.84. The maximum absolute atomic E-state index is 10.9. The number of thiazole rings is 1. The topological polar surface area (TPSA) is 76.2 Å². The minimum Gasteiger partial charge on any atom is -0.476 e. The molecule has 4 nitrogen and oxygen atoms in total. The highest BCUT2D eigenvalue weighted by Crippen LogP contribution is 2.33. The van der Waals surface area contributed by atoms with Crippen LogP contribution in [0.25, 0.3) is 10.6 Å². The summed E-state index contributed by atoms with van der Waals surface area (Å²) < 4.78 is 1.07. The Labute approximate surface area is 116 Å². The van der Waals surface area contributed by atoms with Gasteiger partial charge in [0.2, 0.25) is 0 Å². The summed E-state index contributed by atoms with van der Waals surface area (Å²) in [5.41, 5.74) is 7.63. The number of aromatic nitrogens is 1. The molecule has 0 spiro atoms. The van der Waals surface area contributed by atoms with Crippen molar-refractivity contribution in [3.8, 4) is 10.6 Å². The molecule has 1 aromatic carbocycles. The average Bonchev–Trinajstić information content (AvgIpc) is 2.64. The van der Waals surface area contributed by atoms with E-state index in [1.165, 1.54) is 11.3 Å². The van der Waals surface area contributed by atoms with E-state index in [2.05, 4.69) is 27.6 Å². The van der Waals surface area contributed by atoms with E-state index in [0.717, 1.165) is 14.7 Å². The molecule has 88 valence electrons. The molecule has 0 fully saturated rings. The summed E-state index contributed by atoms with van der Waals surface area (Å²) in [4.78, 5) is 15.0. The number of anilines is 1. The van der Waals surface area contributed by atoms with Gasteiger partial charge in [-0.1, -0.05) is 29.5 Å². The molecule has 0 unspecified atom stereocenters. The van der Waals surface area contributed by atoms with E-state index in [0.29, 0.717) is 5.01 Å². The molecule has 0 bridgehead atoms. The fraction of sp³-hybridized carbons (Fsp3) is 0.0909. The molecule has 0 atom stereocenters. The van der Waals surface area contributed by atoms with Crippen LogP contribution in [0.4, 0.5) is 5.00 Å². The second kappa shape index (κ2) is 4.61. The summed E-state index contributed by atoms with van der Waals surface area (Å²) in [7, 11) is 0. The van der Waals surface area contributed by atoms with Crippen LogP contribution in [0.15, 0.2) is 18.2 Å². The zero-order valence-electron chi connectivity index (χ0n) is 8.90. The molecule has 6 heteroatoms. The summed E-state index contributed by atoms with van der Waals surface area (Å²) in [5, 5.41) is 9.80. The lowest BCUT2D eigenvalue weighted by Gasteiger charge is -2.03. The number of benzene rings is 1. The first-order chi connectivity index (χ1) is 8.00. The Balaban J connectivity index is 2.58. The molecule has 1 aromatic heterocycles. The molecule has 1 heterocycles. The zero-order valence-corrected chi connectivity index (χ0v) is 11.9. The minimum absolute atomic E-state index is 0.0673. The Morgan fingerprint density at radius 3 is 2.82 bits per heavy atom. The number of nitrogens with zero attached hydrogens (tertiary/aromatic N) is 1. The smallest absolute Gasteiger partial charge is 0.357 e. The molecule has 0 aliphatic heterocycles. The van der Waals surface area contributed by atoms with Crippen LogP contribution in [0, 0.1) is 10.5 Å². The number of rotatable bonds is 2. The van der Waals surface area contributed by atoms with E-state index in [-0.39, 0.29) is 10.7 Å². The van der Waals surface area contributed by atoms with Crippen molar-refractivity contribution >= 4 is 44.9 Å². The first-order valence-corrected chi connectivity index (χ1v) is 6.65. The number of nitrogen functional groups attached to an aromatic ring is 1. The standard InChI is InChI=1S/C11H9IN2O2S/c1-5-3-2-4-6(7(5)12)10-14-8(11(15)16)9(13)17-10/h2-4H,13H2,1H3,(H,15,16). The Hall–Kier alpha value is -1.15. The molecule has 2 rings (SSSR count). The second-order valence-electron chi connectivity index (χ2n) is 3.47. The largest absolute Gasteiger partial charge is 0.476 e. The van der Waals surface area contributed by atoms with Crippen LogP contribution in [0.1, 0.15) is 16.1 Å². The molecule has 3 N–H and O–H groups in total. The van der Waals surface area contributed by atoms with Gasteiger partial charge in [-0.2, -0.15) is 0 Å². The van der Waals surface area contributed by atoms with Crippen LogP contribution in [0.2, 0.25) is 0 Å². The lowest BCUT2D eigenvalue weighted by Crippen LogP contribution is -2.00. The number of hydrogen-bond donors (Lipinski definition) is 2. The van der Waals surface area contributed by atoms with Gasteiger partial charge in [-0.3, -0.25) is 0 Å². The number of carboxylic acids is 1. The number of hydrogen-bond acceptors (Lipinski definition) is 4. The van der Waals surface area contributed by atoms with Crippen molar-refractivity contribution in [3.05, 3.63) is 33.0 Å². The summed E-state index contributed by atoms with van der Waals surface area (Å²) in [5.74, 6) is -1.09. The van der Waals surface area contributed by atoms with Crippen molar-refractivity contribution in [1.82, 2.24) is 4.98 Å². The fourth-order valence-corrected chi connectivity index (χ4v) is 3.07. The Kier molecular flexibility index (Phi) is 3.34. The first kappa shape index (κ1) is 12.3. The van der Waals surface area contributed by atoms with Gasteiger partial charge >= 0.3 is 5.97 Å². The predicted molar refractivity (Wildman–Crippen MR) is 76.4 cm³/mol. The van der Waals surface area contributed by atoms with E-state index < -0.39 is 5.97 Å². The van der Waals surface area contributed by atoms with Gasteiger partial charge < -0.3 is 10.8 Å². The number of carboxylic acid groups (broad SMARTS) is 1. The van der Waals surface area contributed by atoms with Gasteiger partial charge in [0.15, 0.2) is 5.69 Å². The van der Waals surface area contributed by atoms with E-state index in [1.807, 2.05) is 25.1 Å². The maximum Gasteiger partial charge on any atom is 0.357 e. The van der Waals surface area contributed by atoms with Crippen molar-refractivity contribution in [2.45, 2.75) is 6.92 Å². The summed E-state index contributed by atoms with van der Waals surface area (Å²) >= 11 is 3.42. The van der Waals surface area contributed by atoms with E-state index >= 15 is 0 Å². The molecule has 2 aromatic rings. The van der Waals surface area contributed by atoms with E-state index in [1.54, 1.807) is 0 Å². The number of carbonyl (C=O) groups is 1. The molecule has 0 amide bonds. The Morgan fingerprint density at radius 2 is 2.24 bits per heavy atom. The predicted octanol–water partition coefficient (Wildman–Crippen LogP) is 3.00. The lowest BCUT2D eigenvalue weighted by atomic mass is 10.1. The third-order valence-corrected chi connectivity index (χ3v) is 4.63. The summed E-state index contributed by atoms with van der Waals surface area (Å²) in [6.45, 7) is 2.00. The van der Waals surface area contributed by atoms with Gasteiger partial charge in [0, 0.05) is 9.13 Å². The average molecular weight is 360 g/mol. The van der Waals surface area contributed by atoms with Crippen LogP contribution < -0.4 is 5.73 Å². The minimum atomic E-state index is -1.09. The molecular formula is C11H9IN2O2S. The quantitative estimate of drug-likeness (QED) is 0.808. The molecular weight excluding hydrogens is 351 g/mol. The molecule has 0 aliphatic carbocycles. The number of aryl methyl sites for hydroxylation is 1. The van der Waals surface area contributed by atoms with Crippen molar-refractivity contribution in [2.75, 3.05) is 5.73 Å². The van der Waals surface area contributed by atoms with Crippen LogP contribution >= 0.6 is 33.9 Å². The van der Waals surface area contributed by atoms with Gasteiger partial charge in [0.25, 0.3) is 0 Å². The third-order valence-electron chi connectivity index (χ3n) is 2.28. The van der Waals surface area contributed by atoms with Gasteiger partial charge in [0.05, 0.1) is 0 Å². The normalized spacial score (nSPS) is 10.5. The van der Waals surface area contributed by atoms with Crippen molar-refractivity contribution in [3.63, 3.8) is 0 Å². The Morgan fingerprint density at radius 1 is 1.53 bits per heavy atom. The van der Waals surface area contributed by atoms with Crippen molar-refractivity contribution in [2.24, 2.45) is 0 Å². The molecule has 0 radical (unpaired) electrons. The molecule has 17 heavy (non-hydrogen) atoms. The van der Waals surface area contributed by atoms with Crippen molar-refractivity contribution in [1.29, 1.82) is 0 Å². The fourth-order valence-electron chi connectivity index (χ4n) is 1.41. The monoisotopic (exact) mass is 360 g/mol. The first-order valence-electron chi connectivity index (χ1n) is 4.75. The zero-order chi connectivity index (χ0) is 12.6. The van der Waals surface area contributed by atoms with Gasteiger partial charge in [-0.15, -0.1) is 0 Å². The van der Waals surface area contributed by atoms with Gasteiger partial charge in [0.1, 0.15) is 10.0 Å². The molecule has 0 aliphatic rings. The lowest BCUT2D eigenvalue weighted by molar-refractivity contribution is 0.0692. The third kappa shape index (κ3) is 2.27. The van der Waals surface area contributed by atoms with Gasteiger partial charge in [-0.25, -0.2) is 9.78 Å². The highest BCUT2D eigenvalue weighted by molar-refractivity contribution is 14.1. The maximum atomic E-state index is 10.9. The highest BCUT2D eigenvalue weighted by atomic mass is 127. The van der Waals surface area contributed by atoms with Crippen LogP contribution in [0.5, 0.6) is 0 Å². The SMILES string of the molecule is Cc1cccc(-c2nc(C(=O)O)c(N)s2)c1I. The van der Waals surface area contributed by atoms with Crippen molar-refractivity contribution < 1.29 is 9.90 Å². The summed E-state index contributed by atoms with van der Waals surface area (Å²) in [6.07, 6.45) is 0. The molecule has 0 saturated heterocycles. The highest BCUT2D eigenvalue weighted by Gasteiger charge is 2.17. The number of halogens is 1. The van der Waals surface area contributed by atoms with Gasteiger partial charge in [-0.05, 0) is 35.1 Å². The van der Waals surface area contributed by atoms with Crippen LogP contribution in [-0.2, 0) is 0 Å². The number of nitrogens with two attached hydrogens (primary N) is 1. The molecule has 0 saturated carbocycles. The second-order valence-corrected chi connectivity index (χ2v) is 5.58. The van der Waals surface area contributed by atoms with Crippen LogP contribution in [0.3, 0.4) is 0 Å². The van der Waals surface area contributed by atoms with E-state index in [9.17, 15) is 4.79 Å². The Bertz CT molecular complexity index is 595.